The van der Waals surface area contributed by atoms with Crippen LogP contribution >= 0.6 is 0 Å². The molecule has 0 N–H and O–H groups in total. The number of rotatable bonds is 1. The van der Waals surface area contributed by atoms with Gasteiger partial charge in [-0.1, -0.05) is 0 Å². The fourth-order valence-electron chi connectivity index (χ4n) is 4.04. The summed E-state index contributed by atoms with van der Waals surface area (Å²) in [5.41, 5.74) is 0.640. The van der Waals surface area contributed by atoms with Crippen LogP contribution in [-0.4, -0.2) is 64.4 Å². The van der Waals surface area contributed by atoms with Gasteiger partial charge >= 0.3 is 6.03 Å². The lowest BCUT2D eigenvalue weighted by Gasteiger charge is -2.27. The molecule has 0 unspecified atom stereocenters. The van der Waals surface area contributed by atoms with Crippen LogP contribution in [0.3, 0.4) is 0 Å². The predicted molar refractivity (Wildman–Crippen MR) is 83.8 cm³/mol. The van der Waals surface area contributed by atoms with Gasteiger partial charge in [-0.05, 0) is 19.3 Å². The Kier molecular flexibility index (Phi) is 3.43. The third kappa shape index (κ3) is 2.54. The summed E-state index contributed by atoms with van der Waals surface area (Å²) < 4.78 is 0. The van der Waals surface area contributed by atoms with E-state index in [4.69, 9.17) is 0 Å². The largest absolute Gasteiger partial charge is 0.325 e. The van der Waals surface area contributed by atoms with Gasteiger partial charge in [0.1, 0.15) is 6.33 Å². The van der Waals surface area contributed by atoms with E-state index in [2.05, 4.69) is 9.97 Å². The summed E-state index contributed by atoms with van der Waals surface area (Å²) in [6.07, 6.45) is 8.41. The standard InChI is InChI=1S/C16H21N5O2/c22-14-7-16(11-21(14)13-8-17-12-18-9-13)3-6-20(10-16)15(23)19-4-1-2-5-19/h8-9,12H,1-7,10-11H2/t16-/m0/s1. The minimum Gasteiger partial charge on any atom is -0.325 e. The van der Waals surface area contributed by atoms with Gasteiger partial charge in [-0.25, -0.2) is 14.8 Å². The molecule has 0 bridgehead atoms. The lowest BCUT2D eigenvalue weighted by molar-refractivity contribution is -0.117. The van der Waals surface area contributed by atoms with E-state index in [0.717, 1.165) is 44.6 Å². The van der Waals surface area contributed by atoms with E-state index >= 15 is 0 Å². The Hall–Kier alpha value is -2.18. The van der Waals surface area contributed by atoms with Crippen LogP contribution in [0.15, 0.2) is 18.7 Å². The zero-order valence-electron chi connectivity index (χ0n) is 13.1. The molecule has 122 valence electrons. The van der Waals surface area contributed by atoms with E-state index in [1.54, 1.807) is 17.3 Å². The van der Waals surface area contributed by atoms with Crippen LogP contribution in [0.5, 0.6) is 0 Å². The summed E-state index contributed by atoms with van der Waals surface area (Å²) in [5, 5.41) is 0. The summed E-state index contributed by atoms with van der Waals surface area (Å²) in [7, 11) is 0. The second-order valence-corrected chi connectivity index (χ2v) is 6.90. The van der Waals surface area contributed by atoms with Crippen molar-refractivity contribution in [1.82, 2.24) is 19.8 Å². The van der Waals surface area contributed by atoms with Crippen LogP contribution in [0.25, 0.3) is 0 Å². The molecule has 7 nitrogen and oxygen atoms in total. The van der Waals surface area contributed by atoms with Crippen LogP contribution in [0.4, 0.5) is 10.5 Å². The Morgan fingerprint density at radius 2 is 1.78 bits per heavy atom. The number of urea groups is 1. The molecule has 0 aromatic carbocycles. The molecule has 0 radical (unpaired) electrons. The first-order valence-electron chi connectivity index (χ1n) is 8.26. The van der Waals surface area contributed by atoms with E-state index in [9.17, 15) is 9.59 Å². The molecule has 3 aliphatic rings. The van der Waals surface area contributed by atoms with E-state index in [1.807, 2.05) is 9.80 Å². The molecule has 0 saturated carbocycles. The Morgan fingerprint density at radius 3 is 2.52 bits per heavy atom. The molecule has 3 aliphatic heterocycles. The average Bonchev–Trinajstić information content (AvgIpc) is 3.29. The van der Waals surface area contributed by atoms with Gasteiger partial charge in [0.15, 0.2) is 0 Å². The molecule has 1 spiro atoms. The van der Waals surface area contributed by atoms with Gasteiger partial charge in [0.2, 0.25) is 5.91 Å². The Bertz CT molecular complexity index is 616. The number of likely N-dealkylation sites (tertiary alicyclic amines) is 2. The van der Waals surface area contributed by atoms with E-state index in [1.165, 1.54) is 6.33 Å². The Morgan fingerprint density at radius 1 is 1.04 bits per heavy atom. The van der Waals surface area contributed by atoms with Crippen LogP contribution in [0.2, 0.25) is 0 Å². The van der Waals surface area contributed by atoms with Crippen molar-refractivity contribution in [2.45, 2.75) is 25.7 Å². The lowest BCUT2D eigenvalue weighted by atomic mass is 9.86. The fraction of sp³-hybridized carbons (Fsp3) is 0.625. The van der Waals surface area contributed by atoms with Crippen molar-refractivity contribution in [2.75, 3.05) is 37.6 Å². The lowest BCUT2D eigenvalue weighted by Crippen LogP contribution is -2.42. The Labute approximate surface area is 135 Å². The highest BCUT2D eigenvalue weighted by atomic mass is 16.2. The summed E-state index contributed by atoms with van der Waals surface area (Å²) in [5.74, 6) is 0.107. The maximum Gasteiger partial charge on any atom is 0.320 e. The van der Waals surface area contributed by atoms with Gasteiger partial charge in [-0.15, -0.1) is 0 Å². The SMILES string of the molecule is O=C(N1CCCC1)N1CC[C@]2(CC(=O)N(c3cncnc3)C2)C1. The maximum atomic E-state index is 12.6. The molecular weight excluding hydrogens is 294 g/mol. The maximum absolute atomic E-state index is 12.6. The number of amides is 3. The third-order valence-corrected chi connectivity index (χ3v) is 5.26. The van der Waals surface area contributed by atoms with Gasteiger partial charge in [0.05, 0.1) is 18.1 Å². The highest BCUT2D eigenvalue weighted by molar-refractivity contribution is 5.96. The minimum atomic E-state index is -0.109. The molecule has 7 heteroatoms. The first-order chi connectivity index (χ1) is 11.2. The summed E-state index contributed by atoms with van der Waals surface area (Å²) >= 11 is 0. The topological polar surface area (TPSA) is 69.6 Å². The second-order valence-electron chi connectivity index (χ2n) is 6.90. The number of anilines is 1. The fourth-order valence-corrected chi connectivity index (χ4v) is 4.04. The molecule has 23 heavy (non-hydrogen) atoms. The van der Waals surface area contributed by atoms with Crippen molar-refractivity contribution in [3.8, 4) is 0 Å². The Balaban J connectivity index is 1.46. The third-order valence-electron chi connectivity index (χ3n) is 5.26. The summed E-state index contributed by atoms with van der Waals surface area (Å²) in [6.45, 7) is 3.83. The number of nitrogens with zero attached hydrogens (tertiary/aromatic N) is 5. The van der Waals surface area contributed by atoms with Crippen LogP contribution in [-0.2, 0) is 4.79 Å². The number of hydrogen-bond donors (Lipinski definition) is 0. The van der Waals surface area contributed by atoms with Gasteiger partial charge in [0.25, 0.3) is 0 Å². The number of hydrogen-bond acceptors (Lipinski definition) is 4. The molecule has 3 fully saturated rings. The average molecular weight is 315 g/mol. The first-order valence-corrected chi connectivity index (χ1v) is 8.26. The molecule has 3 saturated heterocycles. The first kappa shape index (κ1) is 14.4. The van der Waals surface area contributed by atoms with E-state index in [-0.39, 0.29) is 17.4 Å². The summed E-state index contributed by atoms with van der Waals surface area (Å²) in [6, 6.07) is 0.147. The van der Waals surface area contributed by atoms with Crippen molar-refractivity contribution >= 4 is 17.6 Å². The molecule has 0 aliphatic carbocycles. The number of carbonyl (C=O) groups is 2. The highest BCUT2D eigenvalue weighted by Gasteiger charge is 2.49. The van der Waals surface area contributed by atoms with Gasteiger partial charge in [0, 0.05) is 44.6 Å². The zero-order valence-corrected chi connectivity index (χ0v) is 13.1. The van der Waals surface area contributed by atoms with E-state index < -0.39 is 0 Å². The van der Waals surface area contributed by atoms with Gasteiger partial charge in [-0.2, -0.15) is 0 Å². The van der Waals surface area contributed by atoms with Crippen LogP contribution in [0.1, 0.15) is 25.7 Å². The number of carbonyl (C=O) groups excluding carboxylic acids is 2. The molecule has 4 rings (SSSR count). The minimum absolute atomic E-state index is 0.107. The molecule has 4 heterocycles. The van der Waals surface area contributed by atoms with E-state index in [0.29, 0.717) is 19.5 Å². The van der Waals surface area contributed by atoms with Crippen LogP contribution in [0, 0.1) is 5.41 Å². The smallest absolute Gasteiger partial charge is 0.320 e. The van der Waals surface area contributed by atoms with Crippen molar-refractivity contribution in [1.29, 1.82) is 0 Å². The highest BCUT2D eigenvalue weighted by Crippen LogP contribution is 2.41. The van der Waals surface area contributed by atoms with Crippen molar-refractivity contribution in [2.24, 2.45) is 5.41 Å². The normalized spacial score (nSPS) is 27.5. The molecule has 1 atom stereocenters. The second kappa shape index (κ2) is 5.47. The summed E-state index contributed by atoms with van der Waals surface area (Å²) in [4.78, 5) is 38.6. The molecule has 3 amide bonds. The van der Waals surface area contributed by atoms with Crippen molar-refractivity contribution in [3.63, 3.8) is 0 Å². The zero-order chi connectivity index (χ0) is 15.9. The van der Waals surface area contributed by atoms with Crippen LogP contribution < -0.4 is 4.90 Å². The monoisotopic (exact) mass is 315 g/mol. The predicted octanol–water partition coefficient (Wildman–Crippen LogP) is 1.12. The van der Waals surface area contributed by atoms with Crippen molar-refractivity contribution < 1.29 is 9.59 Å². The van der Waals surface area contributed by atoms with Gasteiger partial charge < -0.3 is 14.7 Å². The molecule has 1 aromatic heterocycles. The van der Waals surface area contributed by atoms with Crippen molar-refractivity contribution in [3.05, 3.63) is 18.7 Å². The van der Waals surface area contributed by atoms with Gasteiger partial charge in [-0.3, -0.25) is 4.79 Å². The molecular formula is C16H21N5O2. The number of aromatic nitrogens is 2. The molecule has 1 aromatic rings. The quantitative estimate of drug-likeness (QED) is 0.779.